The first kappa shape index (κ1) is 29.2. The Morgan fingerprint density at radius 1 is 0.829 bits per heavy atom. The Morgan fingerprint density at radius 3 is 2.31 bits per heavy atom. The second kappa shape index (κ2) is 18.3. The number of rotatable bonds is 20. The van der Waals surface area contributed by atoms with Gasteiger partial charge in [0.25, 0.3) is 0 Å². The monoisotopic (exact) mass is 501 g/mol. The van der Waals surface area contributed by atoms with E-state index >= 15 is 0 Å². The average molecular weight is 502 g/mol. The molecule has 0 bridgehead atoms. The fourth-order valence-corrected chi connectivity index (χ4v) is 4.99. The summed E-state index contributed by atoms with van der Waals surface area (Å²) >= 11 is 0. The Kier molecular flexibility index (Phi) is 15.3. The van der Waals surface area contributed by atoms with Gasteiger partial charge in [0, 0.05) is 25.5 Å². The van der Waals surface area contributed by atoms with Gasteiger partial charge in [-0.25, -0.2) is 0 Å². The molecule has 0 saturated carbocycles. The Morgan fingerprint density at radius 2 is 1.57 bits per heavy atom. The van der Waals surface area contributed by atoms with Crippen LogP contribution in [0.15, 0.2) is 30.5 Å². The van der Waals surface area contributed by atoms with Crippen molar-refractivity contribution in [3.8, 4) is 23.0 Å². The van der Waals surface area contributed by atoms with E-state index in [2.05, 4.69) is 42.9 Å². The number of aromatic nitrogens is 3. The molecule has 2 unspecified atom stereocenters. The van der Waals surface area contributed by atoms with Gasteiger partial charge in [-0.2, -0.15) is 0 Å². The average Bonchev–Trinajstić information content (AvgIpc) is 2.89. The van der Waals surface area contributed by atoms with Crippen molar-refractivity contribution in [2.24, 2.45) is 11.8 Å². The number of nitrogens with zero attached hydrogens (tertiary/aromatic N) is 3. The van der Waals surface area contributed by atoms with Crippen molar-refractivity contribution in [1.82, 2.24) is 15.2 Å². The molecule has 2 atom stereocenters. The molecule has 35 heavy (non-hydrogen) atoms. The molecule has 2 heterocycles. The first-order chi connectivity index (χ1) is 17.2. The normalized spacial score (nSPS) is 13.3. The molecule has 6 nitrogen and oxygen atoms in total. The van der Waals surface area contributed by atoms with E-state index in [1.165, 1.54) is 44.6 Å². The Hall–Kier alpha value is -1.99. The van der Waals surface area contributed by atoms with Gasteiger partial charge >= 0.3 is 0 Å². The van der Waals surface area contributed by atoms with E-state index in [0.717, 1.165) is 55.8 Å². The summed E-state index contributed by atoms with van der Waals surface area (Å²) in [5.41, 5.74) is 1.47. The lowest BCUT2D eigenvalue weighted by atomic mass is 9.88. The number of unbranched alkanes of at least 4 members (excludes halogenated alkanes) is 3. The van der Waals surface area contributed by atoms with Gasteiger partial charge in [0.05, 0.1) is 6.61 Å². The number of hydrogen-bond donors (Lipinski definition) is 0. The zero-order chi connectivity index (χ0) is 25.1. The minimum Gasteiger partial charge on any atom is -0.548 e. The maximum absolute atomic E-state index is 6.22. The van der Waals surface area contributed by atoms with Gasteiger partial charge in [-0.1, -0.05) is 66.2 Å². The summed E-state index contributed by atoms with van der Waals surface area (Å²) in [5.74, 6) is 2.96. The standard InChI is InChI=1S/C28H47N3O3Si/c1-5-7-13-23(3)24(4)14-12-22-35-34-26-15-11-18-29-28(26)25-16-17-27(31-30-25)33-21-10-9-20-32-19-8-6-2/h11,15-18,23-24H,5-10,12-14,19-22,35H2,1-4H3. The van der Waals surface area contributed by atoms with Crippen LogP contribution in [0.4, 0.5) is 0 Å². The van der Waals surface area contributed by atoms with Crippen molar-refractivity contribution in [1.29, 1.82) is 0 Å². The molecule has 0 radical (unpaired) electrons. The minimum atomic E-state index is -0.651. The van der Waals surface area contributed by atoms with Gasteiger partial charge in [-0.15, -0.1) is 10.2 Å². The smallest absolute Gasteiger partial charge is 0.233 e. The third-order valence-electron chi connectivity index (χ3n) is 6.52. The molecule has 196 valence electrons. The van der Waals surface area contributed by atoms with E-state index < -0.39 is 9.76 Å². The highest BCUT2D eigenvalue weighted by Crippen LogP contribution is 2.27. The molecule has 0 amide bonds. The molecule has 0 N–H and O–H groups in total. The molecule has 0 spiro atoms. The molecular weight excluding hydrogens is 454 g/mol. The third-order valence-corrected chi connectivity index (χ3v) is 7.83. The Balaban J connectivity index is 1.72. The summed E-state index contributed by atoms with van der Waals surface area (Å²) in [4.78, 5) is 4.51. The number of hydrogen-bond acceptors (Lipinski definition) is 6. The lowest BCUT2D eigenvalue weighted by Crippen LogP contribution is -2.09. The van der Waals surface area contributed by atoms with Crippen molar-refractivity contribution >= 4 is 9.76 Å². The molecule has 2 aromatic heterocycles. The van der Waals surface area contributed by atoms with Crippen LogP contribution in [0.25, 0.3) is 11.4 Å². The molecule has 0 aliphatic rings. The van der Waals surface area contributed by atoms with Gasteiger partial charge in [0.2, 0.25) is 15.6 Å². The second-order valence-corrected chi connectivity index (χ2v) is 11.0. The van der Waals surface area contributed by atoms with Crippen LogP contribution in [0, 0.1) is 11.8 Å². The molecule has 0 saturated heterocycles. The van der Waals surface area contributed by atoms with E-state index in [1.54, 1.807) is 6.20 Å². The van der Waals surface area contributed by atoms with Crippen molar-refractivity contribution in [2.45, 2.75) is 91.5 Å². The summed E-state index contributed by atoms with van der Waals surface area (Å²) in [7, 11) is -0.651. The van der Waals surface area contributed by atoms with Crippen LogP contribution < -0.4 is 9.16 Å². The highest BCUT2D eigenvalue weighted by atomic mass is 28.2. The highest BCUT2D eigenvalue weighted by molar-refractivity contribution is 6.28. The van der Waals surface area contributed by atoms with Gasteiger partial charge in [-0.3, -0.25) is 4.98 Å². The molecule has 2 aromatic rings. The molecule has 0 aliphatic carbocycles. The maximum Gasteiger partial charge on any atom is 0.233 e. The molecule has 0 aromatic carbocycles. The summed E-state index contributed by atoms with van der Waals surface area (Å²) in [6.45, 7) is 11.5. The highest BCUT2D eigenvalue weighted by Gasteiger charge is 2.13. The predicted molar refractivity (Wildman–Crippen MR) is 147 cm³/mol. The fourth-order valence-electron chi connectivity index (χ4n) is 3.90. The quantitative estimate of drug-likeness (QED) is 0.150. The van der Waals surface area contributed by atoms with E-state index in [4.69, 9.17) is 13.9 Å². The van der Waals surface area contributed by atoms with Gasteiger partial charge in [0.1, 0.15) is 17.1 Å². The van der Waals surface area contributed by atoms with Crippen LogP contribution in [0.1, 0.15) is 85.5 Å². The fraction of sp³-hybridized carbons (Fsp3) is 0.679. The zero-order valence-corrected chi connectivity index (χ0v) is 23.9. The van der Waals surface area contributed by atoms with E-state index in [-0.39, 0.29) is 0 Å². The SMILES string of the molecule is CCCCOCCCCOc1ccc(-c2ncccc2O[SiH2]CCCC(C)C(C)CCCC)nn1. The Bertz CT molecular complexity index is 791. The first-order valence-electron chi connectivity index (χ1n) is 13.8. The maximum atomic E-state index is 6.22. The van der Waals surface area contributed by atoms with Crippen molar-refractivity contribution < 1.29 is 13.9 Å². The summed E-state index contributed by atoms with van der Waals surface area (Å²) < 4.78 is 17.5. The predicted octanol–water partition coefficient (Wildman–Crippen LogP) is 6.64. The largest absolute Gasteiger partial charge is 0.548 e. The molecule has 7 heteroatoms. The van der Waals surface area contributed by atoms with Crippen molar-refractivity contribution in [3.63, 3.8) is 0 Å². The number of pyridine rings is 1. The van der Waals surface area contributed by atoms with Gasteiger partial charge in [-0.05, 0) is 55.3 Å². The van der Waals surface area contributed by atoms with Gasteiger partial charge in [0.15, 0.2) is 0 Å². The van der Waals surface area contributed by atoms with E-state index in [0.29, 0.717) is 18.2 Å². The zero-order valence-electron chi connectivity index (χ0n) is 22.5. The molecule has 0 aliphatic heterocycles. The second-order valence-electron chi connectivity index (χ2n) is 9.57. The van der Waals surface area contributed by atoms with Crippen LogP contribution in [0.2, 0.25) is 6.04 Å². The Labute approximate surface area is 215 Å². The van der Waals surface area contributed by atoms with Crippen LogP contribution in [-0.4, -0.2) is 44.8 Å². The van der Waals surface area contributed by atoms with Crippen molar-refractivity contribution in [2.75, 3.05) is 19.8 Å². The van der Waals surface area contributed by atoms with Crippen LogP contribution in [-0.2, 0) is 4.74 Å². The third kappa shape index (κ3) is 12.0. The molecular formula is C28H47N3O3Si. The van der Waals surface area contributed by atoms with Crippen LogP contribution >= 0.6 is 0 Å². The summed E-state index contributed by atoms with van der Waals surface area (Å²) in [5, 5.41) is 8.58. The van der Waals surface area contributed by atoms with Gasteiger partial charge < -0.3 is 13.9 Å². The van der Waals surface area contributed by atoms with E-state index in [9.17, 15) is 0 Å². The molecule has 2 rings (SSSR count). The van der Waals surface area contributed by atoms with E-state index in [1.807, 2.05) is 24.3 Å². The van der Waals surface area contributed by atoms with Crippen LogP contribution in [0.3, 0.4) is 0 Å². The summed E-state index contributed by atoms with van der Waals surface area (Å²) in [6, 6.07) is 8.85. The lowest BCUT2D eigenvalue weighted by Gasteiger charge is -2.19. The topological polar surface area (TPSA) is 66.4 Å². The lowest BCUT2D eigenvalue weighted by molar-refractivity contribution is 0.123. The number of ether oxygens (including phenoxy) is 2. The summed E-state index contributed by atoms with van der Waals surface area (Å²) in [6.07, 6.45) is 12.5. The van der Waals surface area contributed by atoms with Crippen molar-refractivity contribution in [3.05, 3.63) is 30.5 Å². The van der Waals surface area contributed by atoms with Crippen LogP contribution in [0.5, 0.6) is 11.6 Å². The molecule has 0 fully saturated rings. The first-order valence-corrected chi connectivity index (χ1v) is 15.4. The minimum absolute atomic E-state index is 0.538.